The van der Waals surface area contributed by atoms with Gasteiger partial charge in [-0.15, -0.1) is 9.24 Å². The van der Waals surface area contributed by atoms with E-state index in [2.05, 4.69) is 9.24 Å². The van der Waals surface area contributed by atoms with Gasteiger partial charge in [-0.1, -0.05) is 6.66 Å². The first-order chi connectivity index (χ1) is 8.21. The SMILES string of the molecule is CP.O=C(O)c1cc(C(=O)O)cc(S(=O)(=O)O)c1. The Morgan fingerprint density at radius 2 is 1.33 bits per heavy atom. The zero-order valence-electron chi connectivity index (χ0n) is 9.19. The lowest BCUT2D eigenvalue weighted by atomic mass is 10.1. The van der Waals surface area contributed by atoms with E-state index in [1.807, 2.05) is 6.66 Å². The van der Waals surface area contributed by atoms with E-state index in [1.54, 1.807) is 0 Å². The average Bonchev–Trinajstić information content (AvgIpc) is 2.29. The fourth-order valence-corrected chi connectivity index (χ4v) is 1.55. The van der Waals surface area contributed by atoms with Crippen molar-refractivity contribution >= 4 is 31.3 Å². The van der Waals surface area contributed by atoms with Crippen LogP contribution in [-0.2, 0) is 10.1 Å². The molecule has 0 heterocycles. The predicted octanol–water partition coefficient (Wildman–Crippen LogP) is 0.821. The maximum atomic E-state index is 10.8. The number of carboxylic acids is 2. The number of aromatic carboxylic acids is 2. The van der Waals surface area contributed by atoms with Crippen LogP contribution >= 0.6 is 9.24 Å². The first-order valence-corrected chi connectivity index (χ1v) is 6.98. The van der Waals surface area contributed by atoms with Gasteiger partial charge in [0.2, 0.25) is 0 Å². The molecule has 0 aliphatic carbocycles. The van der Waals surface area contributed by atoms with Crippen LogP contribution in [0.1, 0.15) is 20.7 Å². The molecule has 0 radical (unpaired) electrons. The molecule has 0 aliphatic rings. The number of benzene rings is 1. The minimum atomic E-state index is -4.64. The largest absolute Gasteiger partial charge is 0.478 e. The molecule has 1 unspecified atom stereocenters. The summed E-state index contributed by atoms with van der Waals surface area (Å²) < 4.78 is 30.2. The normalized spacial score (nSPS) is 10.2. The standard InChI is InChI=1S/C8H6O7S.CH5P/c9-7(10)4-1-5(8(11)12)3-6(2-4)16(13,14)15;1-2/h1-3H,(H,9,10)(H,11,12)(H,13,14,15);2H2,1H3. The molecular weight excluding hydrogens is 283 g/mol. The zero-order valence-corrected chi connectivity index (χ0v) is 11.2. The Hall–Kier alpha value is -1.50. The van der Waals surface area contributed by atoms with Crippen molar-refractivity contribution in [2.45, 2.75) is 4.90 Å². The number of hydrogen-bond donors (Lipinski definition) is 3. The van der Waals surface area contributed by atoms with Gasteiger partial charge in [0.1, 0.15) is 0 Å². The summed E-state index contributed by atoms with van der Waals surface area (Å²) >= 11 is 0. The Morgan fingerprint density at radius 3 is 1.56 bits per heavy atom. The number of carbonyl (C=O) groups is 2. The van der Waals surface area contributed by atoms with Crippen LogP contribution in [0.4, 0.5) is 0 Å². The molecule has 7 nitrogen and oxygen atoms in total. The molecule has 0 amide bonds. The molecule has 1 aromatic rings. The average molecular weight is 294 g/mol. The van der Waals surface area contributed by atoms with Gasteiger partial charge in [0.15, 0.2) is 0 Å². The lowest BCUT2D eigenvalue weighted by Gasteiger charge is -2.02. The van der Waals surface area contributed by atoms with E-state index < -0.39 is 38.1 Å². The predicted molar refractivity (Wildman–Crippen MR) is 65.8 cm³/mol. The third-order valence-electron chi connectivity index (χ3n) is 1.70. The van der Waals surface area contributed by atoms with E-state index in [0.717, 1.165) is 6.07 Å². The van der Waals surface area contributed by atoms with Gasteiger partial charge < -0.3 is 10.2 Å². The zero-order chi connectivity index (χ0) is 14.5. The van der Waals surface area contributed by atoms with Crippen molar-refractivity contribution in [2.75, 3.05) is 6.66 Å². The van der Waals surface area contributed by atoms with Gasteiger partial charge in [-0.2, -0.15) is 8.42 Å². The summed E-state index contributed by atoms with van der Waals surface area (Å²) in [6, 6.07) is 2.13. The first-order valence-electron chi connectivity index (χ1n) is 4.38. The third kappa shape index (κ3) is 4.40. The Balaban J connectivity index is 0.00000137. The van der Waals surface area contributed by atoms with E-state index in [1.165, 1.54) is 0 Å². The Bertz CT molecular complexity index is 532. The van der Waals surface area contributed by atoms with Crippen LogP contribution in [0.5, 0.6) is 0 Å². The van der Waals surface area contributed by atoms with Gasteiger partial charge >= 0.3 is 11.9 Å². The van der Waals surface area contributed by atoms with E-state index >= 15 is 0 Å². The van der Waals surface area contributed by atoms with E-state index in [9.17, 15) is 18.0 Å². The van der Waals surface area contributed by atoms with Gasteiger partial charge in [-0.3, -0.25) is 4.55 Å². The molecule has 0 bridgehead atoms. The molecule has 0 saturated heterocycles. The molecule has 0 aliphatic heterocycles. The lowest BCUT2D eigenvalue weighted by molar-refractivity contribution is 0.0696. The maximum Gasteiger partial charge on any atom is 0.335 e. The summed E-state index contributed by atoms with van der Waals surface area (Å²) in [5, 5.41) is 17.2. The molecule has 1 aromatic carbocycles. The van der Waals surface area contributed by atoms with Gasteiger partial charge in [0, 0.05) is 0 Å². The number of rotatable bonds is 3. The van der Waals surface area contributed by atoms with E-state index in [4.69, 9.17) is 14.8 Å². The quantitative estimate of drug-likeness (QED) is 0.556. The van der Waals surface area contributed by atoms with E-state index in [-0.39, 0.29) is 0 Å². The van der Waals surface area contributed by atoms with Crippen LogP contribution < -0.4 is 0 Å². The maximum absolute atomic E-state index is 10.8. The minimum absolute atomic E-state index is 0.535. The third-order valence-corrected chi connectivity index (χ3v) is 2.53. The summed E-state index contributed by atoms with van der Waals surface area (Å²) in [7, 11) is -2.22. The second kappa shape index (κ2) is 6.44. The Labute approximate surface area is 105 Å². The van der Waals surface area contributed by atoms with Crippen molar-refractivity contribution in [2.24, 2.45) is 0 Å². The van der Waals surface area contributed by atoms with Crippen LogP contribution in [0, 0.1) is 0 Å². The van der Waals surface area contributed by atoms with Crippen molar-refractivity contribution in [3.63, 3.8) is 0 Å². The number of carboxylic acid groups (broad SMARTS) is 2. The summed E-state index contributed by atoms with van der Waals surface area (Å²) in [5.74, 6) is -2.99. The van der Waals surface area contributed by atoms with Crippen LogP contribution in [0.25, 0.3) is 0 Å². The van der Waals surface area contributed by atoms with Gasteiger partial charge in [-0.05, 0) is 18.2 Å². The molecule has 3 N–H and O–H groups in total. The van der Waals surface area contributed by atoms with Crippen molar-refractivity contribution in [3.8, 4) is 0 Å². The van der Waals surface area contributed by atoms with Gasteiger partial charge in [0.25, 0.3) is 10.1 Å². The smallest absolute Gasteiger partial charge is 0.335 e. The highest BCUT2D eigenvalue weighted by molar-refractivity contribution is 7.85. The molecule has 1 rings (SSSR count). The topological polar surface area (TPSA) is 129 Å². The highest BCUT2D eigenvalue weighted by Crippen LogP contribution is 2.15. The van der Waals surface area contributed by atoms with Gasteiger partial charge in [0.05, 0.1) is 16.0 Å². The minimum Gasteiger partial charge on any atom is -0.478 e. The Kier molecular flexibility index (Phi) is 5.90. The molecule has 0 aromatic heterocycles. The monoisotopic (exact) mass is 294 g/mol. The lowest BCUT2D eigenvalue weighted by Crippen LogP contribution is -2.07. The first kappa shape index (κ1) is 16.5. The summed E-state index contributed by atoms with van der Waals surface area (Å²) in [6.07, 6.45) is 0. The van der Waals surface area contributed by atoms with Crippen molar-refractivity contribution in [3.05, 3.63) is 29.3 Å². The molecule has 100 valence electrons. The summed E-state index contributed by atoms with van der Waals surface area (Å²) in [5.41, 5.74) is -1.07. The molecular formula is C9H11O7PS. The summed E-state index contributed by atoms with van der Waals surface area (Å²) in [6.45, 7) is 1.92. The number of hydrogen-bond acceptors (Lipinski definition) is 4. The fourth-order valence-electron chi connectivity index (χ4n) is 0.995. The molecule has 9 heteroatoms. The second-order valence-corrected chi connectivity index (χ2v) is 4.25. The van der Waals surface area contributed by atoms with Crippen LogP contribution in [0.2, 0.25) is 0 Å². The summed E-state index contributed by atoms with van der Waals surface area (Å²) in [4.78, 5) is 20.4. The molecule has 18 heavy (non-hydrogen) atoms. The van der Waals surface area contributed by atoms with Crippen molar-refractivity contribution < 1.29 is 32.8 Å². The fraction of sp³-hybridized carbons (Fsp3) is 0.111. The van der Waals surface area contributed by atoms with Crippen LogP contribution in [0.3, 0.4) is 0 Å². The van der Waals surface area contributed by atoms with E-state index in [0.29, 0.717) is 12.1 Å². The van der Waals surface area contributed by atoms with Crippen molar-refractivity contribution in [1.29, 1.82) is 0 Å². The van der Waals surface area contributed by atoms with Gasteiger partial charge in [-0.25, -0.2) is 9.59 Å². The molecule has 1 atom stereocenters. The van der Waals surface area contributed by atoms with Crippen LogP contribution in [0.15, 0.2) is 23.1 Å². The van der Waals surface area contributed by atoms with Crippen LogP contribution in [-0.4, -0.2) is 41.8 Å². The highest BCUT2D eigenvalue weighted by atomic mass is 32.2. The molecule has 0 fully saturated rings. The molecule has 0 spiro atoms. The Morgan fingerprint density at radius 1 is 1.00 bits per heavy atom. The second-order valence-electron chi connectivity index (χ2n) is 2.83. The highest BCUT2D eigenvalue weighted by Gasteiger charge is 2.17. The molecule has 0 saturated carbocycles. The van der Waals surface area contributed by atoms with Crippen molar-refractivity contribution in [1.82, 2.24) is 0 Å².